The quantitative estimate of drug-likeness (QED) is 0.550. The second-order valence-electron chi connectivity index (χ2n) is 7.07. The summed E-state index contributed by atoms with van der Waals surface area (Å²) in [6, 6.07) is 19.8. The standard InChI is InChI=1S/C24H28N2O3/c1-19-7-4-8-20(15-19)17-25-12-6-10-22(25)18-26(13-14-28-2)24(27)21-9-5-11-23(16-21)29-3/h4-12,15-16H,13-14,17-18H2,1-3H3. The van der Waals surface area contributed by atoms with E-state index in [-0.39, 0.29) is 5.91 Å². The molecule has 0 unspecified atom stereocenters. The van der Waals surface area contributed by atoms with Gasteiger partial charge in [-0.05, 0) is 42.8 Å². The maximum Gasteiger partial charge on any atom is 0.254 e. The van der Waals surface area contributed by atoms with E-state index in [1.807, 2.05) is 29.2 Å². The summed E-state index contributed by atoms with van der Waals surface area (Å²) < 4.78 is 12.7. The summed E-state index contributed by atoms with van der Waals surface area (Å²) in [5.74, 6) is 0.634. The monoisotopic (exact) mass is 392 g/mol. The highest BCUT2D eigenvalue weighted by atomic mass is 16.5. The van der Waals surface area contributed by atoms with Crippen LogP contribution in [0.2, 0.25) is 0 Å². The highest BCUT2D eigenvalue weighted by Gasteiger charge is 2.18. The minimum absolute atomic E-state index is 0.0377. The first-order valence-electron chi connectivity index (χ1n) is 9.72. The lowest BCUT2D eigenvalue weighted by molar-refractivity contribution is 0.0675. The summed E-state index contributed by atoms with van der Waals surface area (Å²) >= 11 is 0. The van der Waals surface area contributed by atoms with Crippen LogP contribution in [0.1, 0.15) is 27.2 Å². The van der Waals surface area contributed by atoms with Crippen molar-refractivity contribution in [2.45, 2.75) is 20.0 Å². The Bertz CT molecular complexity index is 949. The Morgan fingerprint density at radius 2 is 1.86 bits per heavy atom. The van der Waals surface area contributed by atoms with Gasteiger partial charge in [0.05, 0.1) is 20.3 Å². The normalized spacial score (nSPS) is 10.7. The van der Waals surface area contributed by atoms with Gasteiger partial charge >= 0.3 is 0 Å². The number of hydrogen-bond donors (Lipinski definition) is 0. The topological polar surface area (TPSA) is 43.7 Å². The molecule has 0 fully saturated rings. The second kappa shape index (κ2) is 9.94. The first kappa shape index (κ1) is 20.7. The van der Waals surface area contributed by atoms with E-state index in [4.69, 9.17) is 9.47 Å². The number of ether oxygens (including phenoxy) is 2. The van der Waals surface area contributed by atoms with Crippen molar-refractivity contribution >= 4 is 5.91 Å². The molecule has 2 aromatic carbocycles. The lowest BCUT2D eigenvalue weighted by Crippen LogP contribution is -2.34. The predicted molar refractivity (Wildman–Crippen MR) is 114 cm³/mol. The summed E-state index contributed by atoms with van der Waals surface area (Å²) in [4.78, 5) is 15.0. The van der Waals surface area contributed by atoms with E-state index >= 15 is 0 Å². The van der Waals surface area contributed by atoms with Crippen LogP contribution in [-0.4, -0.2) is 42.7 Å². The first-order valence-corrected chi connectivity index (χ1v) is 9.72. The van der Waals surface area contributed by atoms with Gasteiger partial charge in [0.2, 0.25) is 0 Å². The summed E-state index contributed by atoms with van der Waals surface area (Å²) in [5, 5.41) is 0. The Hall–Kier alpha value is -3.05. The number of nitrogens with zero attached hydrogens (tertiary/aromatic N) is 2. The molecule has 1 aromatic heterocycles. The zero-order valence-corrected chi connectivity index (χ0v) is 17.3. The van der Waals surface area contributed by atoms with E-state index in [0.717, 1.165) is 12.2 Å². The average molecular weight is 392 g/mol. The fourth-order valence-electron chi connectivity index (χ4n) is 3.34. The van der Waals surface area contributed by atoms with Crippen molar-refractivity contribution in [2.24, 2.45) is 0 Å². The molecule has 0 N–H and O–H groups in total. The van der Waals surface area contributed by atoms with Crippen molar-refractivity contribution in [1.29, 1.82) is 0 Å². The SMILES string of the molecule is COCCN(Cc1cccn1Cc1cccc(C)c1)C(=O)c1cccc(OC)c1. The molecule has 0 bridgehead atoms. The molecule has 0 aliphatic rings. The Morgan fingerprint density at radius 1 is 1.03 bits per heavy atom. The summed E-state index contributed by atoms with van der Waals surface area (Å²) in [6.07, 6.45) is 2.06. The Morgan fingerprint density at radius 3 is 2.62 bits per heavy atom. The largest absolute Gasteiger partial charge is 0.497 e. The maximum absolute atomic E-state index is 13.2. The van der Waals surface area contributed by atoms with Crippen molar-refractivity contribution in [3.8, 4) is 5.75 Å². The molecule has 0 spiro atoms. The molecule has 1 amide bonds. The zero-order chi connectivity index (χ0) is 20.6. The van der Waals surface area contributed by atoms with E-state index < -0.39 is 0 Å². The molecule has 5 heteroatoms. The van der Waals surface area contributed by atoms with Crippen LogP contribution in [0, 0.1) is 6.92 Å². The van der Waals surface area contributed by atoms with E-state index in [1.165, 1.54) is 11.1 Å². The molecule has 0 aliphatic carbocycles. The third-order valence-corrected chi connectivity index (χ3v) is 4.88. The number of rotatable bonds is 9. The van der Waals surface area contributed by atoms with Gasteiger partial charge in [-0.2, -0.15) is 0 Å². The fraction of sp³-hybridized carbons (Fsp3) is 0.292. The number of hydrogen-bond acceptors (Lipinski definition) is 3. The number of amides is 1. The number of aryl methyl sites for hydroxylation is 1. The number of aromatic nitrogens is 1. The van der Waals surface area contributed by atoms with Crippen LogP contribution in [0.25, 0.3) is 0 Å². The number of methoxy groups -OCH3 is 2. The lowest BCUT2D eigenvalue weighted by Gasteiger charge is -2.24. The van der Waals surface area contributed by atoms with Gasteiger partial charge in [-0.3, -0.25) is 4.79 Å². The van der Waals surface area contributed by atoms with Crippen molar-refractivity contribution in [2.75, 3.05) is 27.4 Å². The molecule has 3 aromatic rings. The average Bonchev–Trinajstić information content (AvgIpc) is 3.17. The smallest absolute Gasteiger partial charge is 0.254 e. The summed E-state index contributed by atoms with van der Waals surface area (Å²) in [6.45, 7) is 4.38. The maximum atomic E-state index is 13.2. The third kappa shape index (κ3) is 5.48. The molecule has 29 heavy (non-hydrogen) atoms. The minimum atomic E-state index is -0.0377. The Balaban J connectivity index is 1.80. The Kier molecular flexibility index (Phi) is 7.09. The van der Waals surface area contributed by atoms with Gasteiger partial charge in [-0.25, -0.2) is 0 Å². The van der Waals surface area contributed by atoms with Crippen LogP contribution in [0.3, 0.4) is 0 Å². The fourth-order valence-corrected chi connectivity index (χ4v) is 3.34. The predicted octanol–water partition coefficient (Wildman–Crippen LogP) is 4.14. The van der Waals surface area contributed by atoms with Crippen LogP contribution >= 0.6 is 0 Å². The molecule has 0 saturated heterocycles. The molecule has 1 heterocycles. The van der Waals surface area contributed by atoms with E-state index in [0.29, 0.717) is 31.0 Å². The van der Waals surface area contributed by atoms with Gasteiger partial charge in [-0.15, -0.1) is 0 Å². The number of benzene rings is 2. The van der Waals surface area contributed by atoms with Gasteiger partial charge in [-0.1, -0.05) is 35.9 Å². The van der Waals surface area contributed by atoms with E-state index in [9.17, 15) is 4.79 Å². The van der Waals surface area contributed by atoms with Crippen molar-refractivity contribution in [3.05, 3.63) is 89.2 Å². The van der Waals surface area contributed by atoms with Crippen LogP contribution in [-0.2, 0) is 17.8 Å². The van der Waals surface area contributed by atoms with Crippen LogP contribution in [0.5, 0.6) is 5.75 Å². The molecule has 0 atom stereocenters. The van der Waals surface area contributed by atoms with Gasteiger partial charge in [0.1, 0.15) is 5.75 Å². The molecule has 0 saturated carbocycles. The van der Waals surface area contributed by atoms with Crippen LogP contribution in [0.15, 0.2) is 66.9 Å². The van der Waals surface area contributed by atoms with E-state index in [1.54, 1.807) is 20.3 Å². The summed E-state index contributed by atoms with van der Waals surface area (Å²) in [7, 11) is 3.25. The number of carbonyl (C=O) groups is 1. The lowest BCUT2D eigenvalue weighted by atomic mass is 10.1. The highest BCUT2D eigenvalue weighted by molar-refractivity contribution is 5.94. The van der Waals surface area contributed by atoms with Crippen molar-refractivity contribution < 1.29 is 14.3 Å². The van der Waals surface area contributed by atoms with E-state index in [2.05, 4.69) is 48.0 Å². The molecule has 152 valence electrons. The zero-order valence-electron chi connectivity index (χ0n) is 17.3. The van der Waals surface area contributed by atoms with Crippen LogP contribution in [0.4, 0.5) is 0 Å². The van der Waals surface area contributed by atoms with Crippen molar-refractivity contribution in [3.63, 3.8) is 0 Å². The molecule has 3 rings (SSSR count). The van der Waals surface area contributed by atoms with Gasteiger partial charge in [0.25, 0.3) is 5.91 Å². The molecule has 0 aliphatic heterocycles. The molecule has 5 nitrogen and oxygen atoms in total. The third-order valence-electron chi connectivity index (χ3n) is 4.88. The van der Waals surface area contributed by atoms with Gasteiger partial charge < -0.3 is 18.9 Å². The first-order chi connectivity index (χ1) is 14.1. The number of carbonyl (C=O) groups excluding carboxylic acids is 1. The van der Waals surface area contributed by atoms with Crippen molar-refractivity contribution in [1.82, 2.24) is 9.47 Å². The highest BCUT2D eigenvalue weighted by Crippen LogP contribution is 2.17. The molecular weight excluding hydrogens is 364 g/mol. The second-order valence-corrected chi connectivity index (χ2v) is 7.07. The molecular formula is C24H28N2O3. The van der Waals surface area contributed by atoms with Gasteiger partial charge in [0.15, 0.2) is 0 Å². The van der Waals surface area contributed by atoms with Gasteiger partial charge in [0, 0.05) is 37.7 Å². The Labute approximate surface area is 172 Å². The summed E-state index contributed by atoms with van der Waals surface area (Å²) in [5.41, 5.74) is 4.17. The minimum Gasteiger partial charge on any atom is -0.497 e. The van der Waals surface area contributed by atoms with Crippen LogP contribution < -0.4 is 4.74 Å². The molecule has 0 radical (unpaired) electrons.